The lowest BCUT2D eigenvalue weighted by Crippen LogP contribution is -2.37. The fraction of sp³-hybridized carbons (Fsp3) is 0.292. The molecule has 4 aromatic rings. The van der Waals surface area contributed by atoms with Crippen LogP contribution in [0.5, 0.6) is 0 Å². The second kappa shape index (κ2) is 9.96. The summed E-state index contributed by atoms with van der Waals surface area (Å²) in [6.45, 7) is 1.87. The van der Waals surface area contributed by atoms with E-state index in [1.54, 1.807) is 4.90 Å². The van der Waals surface area contributed by atoms with Crippen molar-refractivity contribution in [1.29, 1.82) is 0 Å². The summed E-state index contributed by atoms with van der Waals surface area (Å²) in [6.07, 6.45) is 0.572. The highest BCUT2D eigenvalue weighted by molar-refractivity contribution is 7.14. The van der Waals surface area contributed by atoms with Gasteiger partial charge in [-0.3, -0.25) is 14.6 Å². The van der Waals surface area contributed by atoms with E-state index in [1.807, 2.05) is 58.1 Å². The average Bonchev–Trinajstić information content (AvgIpc) is 3.62. The SMILES string of the molecule is O=C(O)O[C@@H]1CCCN1CCCN(C(=O)c1cccs1)c1nc(-c2cc3ccccc3o2)cs1. The van der Waals surface area contributed by atoms with Gasteiger partial charge in [-0.1, -0.05) is 24.3 Å². The van der Waals surface area contributed by atoms with Gasteiger partial charge in [0.25, 0.3) is 5.91 Å². The van der Waals surface area contributed by atoms with E-state index in [0.29, 0.717) is 47.4 Å². The average molecular weight is 498 g/mol. The Kier molecular flexibility index (Phi) is 6.61. The Morgan fingerprint density at radius 1 is 1.24 bits per heavy atom. The monoisotopic (exact) mass is 497 g/mol. The van der Waals surface area contributed by atoms with Gasteiger partial charge in [-0.2, -0.15) is 0 Å². The van der Waals surface area contributed by atoms with Crippen LogP contribution in [-0.4, -0.2) is 52.9 Å². The van der Waals surface area contributed by atoms with Gasteiger partial charge >= 0.3 is 6.16 Å². The van der Waals surface area contributed by atoms with Crippen molar-refractivity contribution >= 4 is 50.8 Å². The minimum atomic E-state index is -1.26. The van der Waals surface area contributed by atoms with Gasteiger partial charge in [-0.05, 0) is 42.8 Å². The number of carbonyl (C=O) groups is 2. The third kappa shape index (κ3) is 4.84. The third-order valence-electron chi connectivity index (χ3n) is 5.75. The molecule has 1 amide bonds. The number of nitrogens with zero attached hydrogens (tertiary/aromatic N) is 3. The van der Waals surface area contributed by atoms with Crippen LogP contribution in [0.2, 0.25) is 0 Å². The van der Waals surface area contributed by atoms with Gasteiger partial charge in [0, 0.05) is 30.4 Å². The van der Waals surface area contributed by atoms with Crippen molar-refractivity contribution < 1.29 is 23.8 Å². The summed E-state index contributed by atoms with van der Waals surface area (Å²) in [5, 5.41) is 14.3. The molecule has 4 heterocycles. The van der Waals surface area contributed by atoms with Gasteiger partial charge in [0.2, 0.25) is 0 Å². The van der Waals surface area contributed by atoms with Gasteiger partial charge in [0.15, 0.2) is 17.1 Å². The Hall–Kier alpha value is -3.21. The maximum absolute atomic E-state index is 13.3. The van der Waals surface area contributed by atoms with Gasteiger partial charge in [-0.25, -0.2) is 9.78 Å². The second-order valence-corrected chi connectivity index (χ2v) is 9.75. The van der Waals surface area contributed by atoms with E-state index in [1.165, 1.54) is 22.7 Å². The second-order valence-electron chi connectivity index (χ2n) is 7.97. The van der Waals surface area contributed by atoms with Gasteiger partial charge < -0.3 is 14.3 Å². The summed E-state index contributed by atoms with van der Waals surface area (Å²) in [6, 6.07) is 13.4. The zero-order valence-electron chi connectivity index (χ0n) is 18.3. The van der Waals surface area contributed by atoms with E-state index in [9.17, 15) is 9.59 Å². The maximum Gasteiger partial charge on any atom is 0.507 e. The van der Waals surface area contributed by atoms with E-state index >= 15 is 0 Å². The number of carbonyl (C=O) groups excluding carboxylic acids is 1. The maximum atomic E-state index is 13.3. The molecule has 1 N–H and O–H groups in total. The first kappa shape index (κ1) is 22.6. The van der Waals surface area contributed by atoms with Crippen molar-refractivity contribution in [3.05, 3.63) is 58.1 Å². The van der Waals surface area contributed by atoms with Crippen molar-refractivity contribution in [2.45, 2.75) is 25.5 Å². The molecule has 3 aromatic heterocycles. The van der Waals surface area contributed by atoms with E-state index in [4.69, 9.17) is 19.2 Å². The molecular weight excluding hydrogens is 474 g/mol. The van der Waals surface area contributed by atoms with Crippen molar-refractivity contribution in [2.24, 2.45) is 0 Å². The molecule has 5 rings (SSSR count). The quantitative estimate of drug-likeness (QED) is 0.309. The minimum absolute atomic E-state index is 0.0970. The van der Waals surface area contributed by atoms with Crippen LogP contribution in [0.1, 0.15) is 28.9 Å². The molecule has 0 spiro atoms. The minimum Gasteiger partial charge on any atom is -0.454 e. The largest absolute Gasteiger partial charge is 0.507 e. The summed E-state index contributed by atoms with van der Waals surface area (Å²) in [5.74, 6) is 0.568. The number of aromatic nitrogens is 1. The topological polar surface area (TPSA) is 96.1 Å². The van der Waals surface area contributed by atoms with Gasteiger partial charge in [-0.15, -0.1) is 22.7 Å². The van der Waals surface area contributed by atoms with E-state index in [2.05, 4.69) is 0 Å². The summed E-state index contributed by atoms with van der Waals surface area (Å²) < 4.78 is 10.9. The van der Waals surface area contributed by atoms with Crippen LogP contribution < -0.4 is 4.90 Å². The first-order valence-electron chi connectivity index (χ1n) is 11.0. The molecule has 0 saturated carbocycles. The lowest BCUT2D eigenvalue weighted by molar-refractivity contribution is -0.0135. The summed E-state index contributed by atoms with van der Waals surface area (Å²) in [7, 11) is 0. The van der Waals surface area contributed by atoms with Crippen LogP contribution >= 0.6 is 22.7 Å². The number of rotatable bonds is 8. The number of anilines is 1. The van der Waals surface area contributed by atoms with E-state index < -0.39 is 12.4 Å². The molecule has 10 heteroatoms. The Morgan fingerprint density at radius 2 is 2.12 bits per heavy atom. The third-order valence-corrected chi connectivity index (χ3v) is 7.47. The van der Waals surface area contributed by atoms with Crippen LogP contribution in [0.3, 0.4) is 0 Å². The smallest absolute Gasteiger partial charge is 0.454 e. The van der Waals surface area contributed by atoms with Crippen LogP contribution in [0.15, 0.2) is 57.6 Å². The predicted molar refractivity (Wildman–Crippen MR) is 132 cm³/mol. The van der Waals surface area contributed by atoms with Gasteiger partial charge in [0.1, 0.15) is 11.3 Å². The highest BCUT2D eigenvalue weighted by atomic mass is 32.1. The van der Waals surface area contributed by atoms with Crippen LogP contribution in [0.25, 0.3) is 22.4 Å². The normalized spacial score (nSPS) is 16.2. The molecule has 1 aliphatic rings. The van der Waals surface area contributed by atoms with E-state index in [-0.39, 0.29) is 5.91 Å². The van der Waals surface area contributed by atoms with Crippen LogP contribution in [-0.2, 0) is 4.74 Å². The number of amides is 1. The molecular formula is C24H23N3O5S2. The molecule has 8 nitrogen and oxygen atoms in total. The molecule has 0 aliphatic carbocycles. The lowest BCUT2D eigenvalue weighted by atomic mass is 10.2. The van der Waals surface area contributed by atoms with Crippen molar-refractivity contribution in [2.75, 3.05) is 24.5 Å². The molecule has 1 fully saturated rings. The highest BCUT2D eigenvalue weighted by Crippen LogP contribution is 2.32. The first-order chi connectivity index (χ1) is 16.6. The summed E-state index contributed by atoms with van der Waals surface area (Å²) >= 11 is 2.80. The Labute approximate surface area is 204 Å². The number of hydrogen-bond donors (Lipinski definition) is 1. The predicted octanol–water partition coefficient (Wildman–Crippen LogP) is 5.77. The molecule has 1 aromatic carbocycles. The van der Waals surface area contributed by atoms with E-state index in [0.717, 1.165) is 23.9 Å². The van der Waals surface area contributed by atoms with Crippen LogP contribution in [0.4, 0.5) is 9.93 Å². The molecule has 0 radical (unpaired) electrons. The zero-order valence-corrected chi connectivity index (χ0v) is 19.9. The highest BCUT2D eigenvalue weighted by Gasteiger charge is 2.28. The van der Waals surface area contributed by atoms with Gasteiger partial charge in [0.05, 0.1) is 4.88 Å². The zero-order chi connectivity index (χ0) is 23.5. The lowest BCUT2D eigenvalue weighted by Gasteiger charge is -2.25. The van der Waals surface area contributed by atoms with Crippen molar-refractivity contribution in [1.82, 2.24) is 9.88 Å². The number of hydrogen-bond acceptors (Lipinski definition) is 8. The molecule has 0 unspecified atom stereocenters. The Balaban J connectivity index is 1.33. The summed E-state index contributed by atoms with van der Waals surface area (Å²) in [4.78, 5) is 33.3. The first-order valence-corrected chi connectivity index (χ1v) is 12.8. The number of furan rings is 1. The molecule has 0 bridgehead atoms. The van der Waals surface area contributed by atoms with Crippen molar-refractivity contribution in [3.63, 3.8) is 0 Å². The number of benzene rings is 1. The Bertz CT molecular complexity index is 1250. The Morgan fingerprint density at radius 3 is 2.91 bits per heavy atom. The number of para-hydroxylation sites is 1. The molecule has 1 atom stereocenters. The van der Waals surface area contributed by atoms with Crippen LogP contribution in [0, 0.1) is 0 Å². The molecule has 1 saturated heterocycles. The molecule has 1 aliphatic heterocycles. The number of ether oxygens (including phenoxy) is 1. The fourth-order valence-electron chi connectivity index (χ4n) is 4.16. The number of thiazole rings is 1. The molecule has 176 valence electrons. The fourth-order valence-corrected chi connectivity index (χ4v) is 5.67. The number of carboxylic acid groups (broad SMARTS) is 1. The number of thiophene rings is 1. The van der Waals surface area contributed by atoms with Crippen molar-refractivity contribution in [3.8, 4) is 11.5 Å². The number of likely N-dealkylation sites (tertiary alicyclic amines) is 1. The molecule has 34 heavy (non-hydrogen) atoms. The number of fused-ring (bicyclic) bond motifs is 1. The summed E-state index contributed by atoms with van der Waals surface area (Å²) in [5.41, 5.74) is 1.48. The standard InChI is InChI=1S/C24H23N3O5S2/c28-22(20-8-4-13-33-20)27(12-5-11-26-10-3-9-21(26)32-24(29)30)23-25-17(15-34-23)19-14-16-6-1-2-7-18(16)31-19/h1-2,4,6-8,13-15,21H,3,5,9-12H2,(H,29,30)/t21-/m1/s1.